The van der Waals surface area contributed by atoms with E-state index in [0.29, 0.717) is 18.0 Å². The molecule has 2 amide bonds. The Morgan fingerprint density at radius 3 is 2.90 bits per heavy atom. The number of nitrogens with zero attached hydrogens (tertiary/aromatic N) is 1. The van der Waals surface area contributed by atoms with E-state index in [2.05, 4.69) is 0 Å². The van der Waals surface area contributed by atoms with Crippen LogP contribution in [0, 0.1) is 11.7 Å². The number of halogens is 1. The van der Waals surface area contributed by atoms with Crippen molar-refractivity contribution in [2.75, 3.05) is 18.1 Å². The Morgan fingerprint density at radius 2 is 2.30 bits per heavy atom. The molecule has 1 aliphatic heterocycles. The average molecular weight is 280 g/mol. The maximum Gasteiger partial charge on any atom is 0.227 e. The van der Waals surface area contributed by atoms with Crippen molar-refractivity contribution >= 4 is 17.5 Å². The van der Waals surface area contributed by atoms with E-state index in [1.54, 1.807) is 0 Å². The molecule has 0 aliphatic carbocycles. The molecule has 1 saturated heterocycles. The molecule has 20 heavy (non-hydrogen) atoms. The van der Waals surface area contributed by atoms with Crippen molar-refractivity contribution in [3.63, 3.8) is 0 Å². The highest BCUT2D eigenvalue weighted by Crippen LogP contribution is 2.33. The topological polar surface area (TPSA) is 72.6 Å². The van der Waals surface area contributed by atoms with Gasteiger partial charge in [0.2, 0.25) is 11.8 Å². The van der Waals surface area contributed by atoms with E-state index in [9.17, 15) is 14.0 Å². The van der Waals surface area contributed by atoms with Gasteiger partial charge in [-0.25, -0.2) is 4.39 Å². The minimum Gasteiger partial charge on any atom is -0.491 e. The molecule has 5 nitrogen and oxygen atoms in total. The van der Waals surface area contributed by atoms with E-state index < -0.39 is 17.6 Å². The minimum atomic E-state index is -0.508. The zero-order valence-electron chi connectivity index (χ0n) is 11.3. The zero-order chi connectivity index (χ0) is 14.7. The second kappa shape index (κ2) is 5.90. The molecule has 0 radical (unpaired) electrons. The number of hydrogen-bond donors (Lipinski definition) is 1. The first kappa shape index (κ1) is 14.3. The molecule has 1 aromatic carbocycles. The number of amides is 2. The first-order valence-electron chi connectivity index (χ1n) is 6.55. The summed E-state index contributed by atoms with van der Waals surface area (Å²) < 4.78 is 18.8. The standard InChI is InChI=1S/C14H17FN2O3/c1-2-5-20-12-7-10(15)3-4-11(12)17-8-9(14(16)19)6-13(17)18/h3-4,7,9H,2,5-6,8H2,1H3,(H2,16,19). The van der Waals surface area contributed by atoms with Gasteiger partial charge in [-0.2, -0.15) is 0 Å². The first-order chi connectivity index (χ1) is 9.52. The number of rotatable bonds is 5. The highest BCUT2D eigenvalue weighted by Gasteiger charge is 2.35. The van der Waals surface area contributed by atoms with Crippen LogP contribution in [0.4, 0.5) is 10.1 Å². The van der Waals surface area contributed by atoms with E-state index in [0.717, 1.165) is 6.42 Å². The highest BCUT2D eigenvalue weighted by atomic mass is 19.1. The largest absolute Gasteiger partial charge is 0.491 e. The lowest BCUT2D eigenvalue weighted by atomic mass is 10.1. The predicted octanol–water partition coefficient (Wildman–Crippen LogP) is 1.45. The number of nitrogens with two attached hydrogens (primary N) is 1. The van der Waals surface area contributed by atoms with Gasteiger partial charge in [0.15, 0.2) is 0 Å². The molecular formula is C14H17FN2O3. The highest BCUT2D eigenvalue weighted by molar-refractivity contribution is 6.01. The number of hydrogen-bond acceptors (Lipinski definition) is 3. The molecule has 0 saturated carbocycles. The molecule has 2 N–H and O–H groups in total. The molecule has 6 heteroatoms. The van der Waals surface area contributed by atoms with Gasteiger partial charge in [-0.05, 0) is 18.6 Å². The Balaban J connectivity index is 2.27. The summed E-state index contributed by atoms with van der Waals surface area (Å²) in [5.74, 6) is -1.34. The summed E-state index contributed by atoms with van der Waals surface area (Å²) in [5, 5.41) is 0. The molecular weight excluding hydrogens is 263 g/mol. The number of anilines is 1. The predicted molar refractivity (Wildman–Crippen MR) is 71.8 cm³/mol. The van der Waals surface area contributed by atoms with Crippen molar-refractivity contribution in [1.82, 2.24) is 0 Å². The Bertz CT molecular complexity index is 533. The zero-order valence-corrected chi connectivity index (χ0v) is 11.3. The number of carbonyl (C=O) groups is 2. The van der Waals surface area contributed by atoms with Crippen LogP contribution in [0.2, 0.25) is 0 Å². The Labute approximate surface area is 116 Å². The maximum absolute atomic E-state index is 13.3. The summed E-state index contributed by atoms with van der Waals surface area (Å²) in [6, 6.07) is 4.00. The van der Waals surface area contributed by atoms with Crippen molar-refractivity contribution in [2.24, 2.45) is 11.7 Å². The van der Waals surface area contributed by atoms with Crippen LogP contribution in [-0.2, 0) is 9.59 Å². The number of carbonyl (C=O) groups excluding carboxylic acids is 2. The second-order valence-corrected chi connectivity index (χ2v) is 4.77. The van der Waals surface area contributed by atoms with Gasteiger partial charge in [0.1, 0.15) is 11.6 Å². The fourth-order valence-electron chi connectivity index (χ4n) is 2.17. The summed E-state index contributed by atoms with van der Waals surface area (Å²) in [4.78, 5) is 24.6. The van der Waals surface area contributed by atoms with Crippen molar-refractivity contribution < 1.29 is 18.7 Å². The van der Waals surface area contributed by atoms with Crippen LogP contribution in [0.1, 0.15) is 19.8 Å². The molecule has 1 unspecified atom stereocenters. The van der Waals surface area contributed by atoms with Gasteiger partial charge in [0.05, 0.1) is 18.2 Å². The number of benzene rings is 1. The van der Waals surface area contributed by atoms with Crippen LogP contribution < -0.4 is 15.4 Å². The van der Waals surface area contributed by atoms with Crippen LogP contribution in [0.3, 0.4) is 0 Å². The van der Waals surface area contributed by atoms with Crippen LogP contribution >= 0.6 is 0 Å². The second-order valence-electron chi connectivity index (χ2n) is 4.77. The fourth-order valence-corrected chi connectivity index (χ4v) is 2.17. The monoisotopic (exact) mass is 280 g/mol. The molecule has 0 spiro atoms. The molecule has 1 heterocycles. The summed E-state index contributed by atoms with van der Waals surface area (Å²) in [5.41, 5.74) is 5.71. The van der Waals surface area contributed by atoms with Crippen LogP contribution in [0.25, 0.3) is 0 Å². The average Bonchev–Trinajstić information content (AvgIpc) is 2.79. The van der Waals surface area contributed by atoms with Gasteiger partial charge in [0.25, 0.3) is 0 Å². The van der Waals surface area contributed by atoms with Crippen LogP contribution in [0.5, 0.6) is 5.75 Å². The van der Waals surface area contributed by atoms with Crippen LogP contribution in [-0.4, -0.2) is 25.0 Å². The number of primary amides is 1. The Kier molecular flexibility index (Phi) is 4.22. The Morgan fingerprint density at radius 1 is 1.55 bits per heavy atom. The van der Waals surface area contributed by atoms with E-state index in [4.69, 9.17) is 10.5 Å². The number of ether oxygens (including phenoxy) is 1. The normalized spacial score (nSPS) is 18.4. The molecule has 1 aliphatic rings. The third-order valence-electron chi connectivity index (χ3n) is 3.20. The van der Waals surface area contributed by atoms with Gasteiger partial charge >= 0.3 is 0 Å². The summed E-state index contributed by atoms with van der Waals surface area (Å²) >= 11 is 0. The van der Waals surface area contributed by atoms with Crippen molar-refractivity contribution in [3.8, 4) is 5.75 Å². The van der Waals surface area contributed by atoms with Crippen LogP contribution in [0.15, 0.2) is 18.2 Å². The van der Waals surface area contributed by atoms with E-state index in [1.807, 2.05) is 6.92 Å². The third kappa shape index (κ3) is 2.89. The summed E-state index contributed by atoms with van der Waals surface area (Å²) in [7, 11) is 0. The van der Waals surface area contributed by atoms with Gasteiger partial charge in [-0.3, -0.25) is 9.59 Å². The lowest BCUT2D eigenvalue weighted by Crippen LogP contribution is -2.28. The fraction of sp³-hybridized carbons (Fsp3) is 0.429. The molecule has 0 bridgehead atoms. The van der Waals surface area contributed by atoms with Crippen molar-refractivity contribution in [1.29, 1.82) is 0 Å². The maximum atomic E-state index is 13.3. The van der Waals surface area contributed by atoms with Crippen molar-refractivity contribution in [2.45, 2.75) is 19.8 Å². The molecule has 1 fully saturated rings. The SMILES string of the molecule is CCCOc1cc(F)ccc1N1CC(C(N)=O)CC1=O. The molecule has 1 atom stereocenters. The van der Waals surface area contributed by atoms with Gasteiger partial charge in [-0.15, -0.1) is 0 Å². The van der Waals surface area contributed by atoms with Crippen molar-refractivity contribution in [3.05, 3.63) is 24.0 Å². The third-order valence-corrected chi connectivity index (χ3v) is 3.20. The smallest absolute Gasteiger partial charge is 0.227 e. The molecule has 0 aromatic heterocycles. The van der Waals surface area contributed by atoms with E-state index in [-0.39, 0.29) is 18.9 Å². The molecule has 108 valence electrons. The molecule has 1 aromatic rings. The van der Waals surface area contributed by atoms with E-state index >= 15 is 0 Å². The van der Waals surface area contributed by atoms with E-state index in [1.165, 1.54) is 23.1 Å². The minimum absolute atomic E-state index is 0.0833. The van der Waals surface area contributed by atoms with Gasteiger partial charge in [-0.1, -0.05) is 6.92 Å². The lowest BCUT2D eigenvalue weighted by Gasteiger charge is -2.20. The van der Waals surface area contributed by atoms with Gasteiger partial charge < -0.3 is 15.4 Å². The quantitative estimate of drug-likeness (QED) is 0.887. The first-order valence-corrected chi connectivity index (χ1v) is 6.55. The van der Waals surface area contributed by atoms with Gasteiger partial charge in [0, 0.05) is 19.0 Å². The lowest BCUT2D eigenvalue weighted by molar-refractivity contribution is -0.123. The Hall–Kier alpha value is -2.11. The summed E-state index contributed by atoms with van der Waals surface area (Å²) in [6.07, 6.45) is 0.855. The molecule has 2 rings (SSSR count). The summed E-state index contributed by atoms with van der Waals surface area (Å²) in [6.45, 7) is 2.57.